The molecule has 0 heterocycles. The molecular weight excluding hydrogens is 460 g/mol. The van der Waals surface area contributed by atoms with Gasteiger partial charge in [-0.2, -0.15) is 0 Å². The smallest absolute Gasteiger partial charge is 0.326 e. The fourth-order valence-corrected chi connectivity index (χ4v) is 3.04. The van der Waals surface area contributed by atoms with E-state index >= 15 is 0 Å². The molecule has 0 bridgehead atoms. The second-order valence-corrected chi connectivity index (χ2v) is 7.77. The van der Waals surface area contributed by atoms with Crippen molar-refractivity contribution in [2.24, 2.45) is 5.73 Å². The molecule has 12 nitrogen and oxygen atoms in total. The lowest BCUT2D eigenvalue weighted by atomic mass is 10.0. The third-order valence-corrected chi connectivity index (χ3v) is 4.98. The van der Waals surface area contributed by atoms with Crippen molar-refractivity contribution < 1.29 is 39.6 Å². The van der Waals surface area contributed by atoms with Crippen LogP contribution in [-0.2, 0) is 32.0 Å². The van der Waals surface area contributed by atoms with Crippen molar-refractivity contribution in [3.05, 3.63) is 59.7 Å². The van der Waals surface area contributed by atoms with E-state index in [9.17, 15) is 34.5 Å². The van der Waals surface area contributed by atoms with E-state index in [1.807, 2.05) is 0 Å². The van der Waals surface area contributed by atoms with E-state index in [1.165, 1.54) is 36.4 Å². The normalized spacial score (nSPS) is 13.2. The topological polar surface area (TPSA) is 211 Å². The summed E-state index contributed by atoms with van der Waals surface area (Å²) in [5, 5.41) is 44.3. The van der Waals surface area contributed by atoms with Crippen molar-refractivity contribution >= 4 is 23.7 Å². The predicted octanol–water partition coefficient (Wildman–Crippen LogP) is -1.63. The summed E-state index contributed by atoms with van der Waals surface area (Å²) >= 11 is 0. The molecule has 188 valence electrons. The zero-order valence-corrected chi connectivity index (χ0v) is 18.7. The zero-order chi connectivity index (χ0) is 26.0. The first-order chi connectivity index (χ1) is 16.6. The Morgan fingerprint density at radius 2 is 1.26 bits per heavy atom. The maximum Gasteiger partial charge on any atom is 0.326 e. The molecule has 0 saturated carbocycles. The number of amides is 3. The third-order valence-electron chi connectivity index (χ3n) is 4.98. The number of nitrogens with one attached hydrogen (secondary N) is 3. The highest BCUT2D eigenvalue weighted by Gasteiger charge is 2.25. The number of hydrogen-bond acceptors (Lipinski definition) is 8. The lowest BCUT2D eigenvalue weighted by Crippen LogP contribution is -2.55. The van der Waals surface area contributed by atoms with Gasteiger partial charge in [-0.15, -0.1) is 0 Å². The fraction of sp³-hybridized carbons (Fsp3) is 0.304. The first kappa shape index (κ1) is 27.1. The summed E-state index contributed by atoms with van der Waals surface area (Å²) in [6, 6.07) is 8.01. The van der Waals surface area contributed by atoms with Crippen molar-refractivity contribution in [1.82, 2.24) is 16.0 Å². The molecule has 0 aliphatic heterocycles. The number of aliphatic carboxylic acids is 1. The number of carbonyl (C=O) groups excluding carboxylic acids is 3. The highest BCUT2D eigenvalue weighted by Crippen LogP contribution is 2.12. The van der Waals surface area contributed by atoms with Crippen molar-refractivity contribution in [3.8, 4) is 11.5 Å². The highest BCUT2D eigenvalue weighted by atomic mass is 16.4. The van der Waals surface area contributed by atoms with Gasteiger partial charge in [0.05, 0.1) is 13.2 Å². The van der Waals surface area contributed by atoms with Gasteiger partial charge in [0.2, 0.25) is 17.7 Å². The number of phenols is 2. The average Bonchev–Trinajstić information content (AvgIpc) is 2.83. The second-order valence-electron chi connectivity index (χ2n) is 7.77. The summed E-state index contributed by atoms with van der Waals surface area (Å²) in [7, 11) is 0. The Balaban J connectivity index is 2.00. The molecular formula is C23H28N4O8. The maximum absolute atomic E-state index is 12.7. The number of hydrogen-bond donors (Lipinski definition) is 8. The monoisotopic (exact) mass is 488 g/mol. The Morgan fingerprint density at radius 3 is 1.71 bits per heavy atom. The number of aliphatic hydroxyl groups excluding tert-OH is 1. The Morgan fingerprint density at radius 1 is 0.771 bits per heavy atom. The van der Waals surface area contributed by atoms with Crippen LogP contribution in [-0.4, -0.2) is 75.4 Å². The number of rotatable bonds is 12. The lowest BCUT2D eigenvalue weighted by molar-refractivity contribution is -0.141. The predicted molar refractivity (Wildman–Crippen MR) is 123 cm³/mol. The van der Waals surface area contributed by atoms with Gasteiger partial charge in [-0.05, 0) is 35.4 Å². The molecule has 9 N–H and O–H groups in total. The van der Waals surface area contributed by atoms with Gasteiger partial charge in [-0.3, -0.25) is 14.4 Å². The molecule has 3 amide bonds. The van der Waals surface area contributed by atoms with Gasteiger partial charge in [0.1, 0.15) is 29.6 Å². The van der Waals surface area contributed by atoms with Gasteiger partial charge in [-0.1, -0.05) is 24.3 Å². The van der Waals surface area contributed by atoms with E-state index in [1.54, 1.807) is 12.1 Å². The first-order valence-electron chi connectivity index (χ1n) is 10.6. The average molecular weight is 488 g/mol. The van der Waals surface area contributed by atoms with E-state index in [0.29, 0.717) is 11.1 Å². The Hall–Kier alpha value is -4.16. The summed E-state index contributed by atoms with van der Waals surface area (Å²) in [4.78, 5) is 48.7. The molecule has 0 aliphatic rings. The molecule has 0 fully saturated rings. The van der Waals surface area contributed by atoms with Crippen LogP contribution in [0.2, 0.25) is 0 Å². The van der Waals surface area contributed by atoms with E-state index in [0.717, 1.165) is 0 Å². The minimum atomic E-state index is -1.28. The Labute approximate surface area is 200 Å². The largest absolute Gasteiger partial charge is 0.508 e. The standard InChI is InChI=1S/C23H28N4O8/c24-17(12-28)21(32)27-18(9-13-1-5-15(29)6-2-13)22(33)25-11-20(31)26-19(23(34)35)10-14-3-7-16(30)8-4-14/h1-8,17-19,28-30H,9-12,24H2,(H,25,33)(H,26,31)(H,27,32)(H,34,35). The number of carboxylic acids is 1. The molecule has 2 aromatic rings. The number of carboxylic acid groups (broad SMARTS) is 1. The van der Waals surface area contributed by atoms with E-state index in [-0.39, 0.29) is 24.3 Å². The molecule has 0 spiro atoms. The third kappa shape index (κ3) is 8.95. The second kappa shape index (κ2) is 12.9. The van der Waals surface area contributed by atoms with Crippen LogP contribution < -0.4 is 21.7 Å². The highest BCUT2D eigenvalue weighted by molar-refractivity contribution is 5.92. The molecule has 0 aromatic heterocycles. The molecule has 0 aliphatic carbocycles. The number of benzene rings is 2. The zero-order valence-electron chi connectivity index (χ0n) is 18.7. The van der Waals surface area contributed by atoms with Crippen molar-refractivity contribution in [2.75, 3.05) is 13.2 Å². The Bertz CT molecular complexity index is 1030. The summed E-state index contributed by atoms with van der Waals surface area (Å²) in [6.45, 7) is -1.20. The van der Waals surface area contributed by atoms with E-state index < -0.39 is 55.0 Å². The number of aromatic hydroxyl groups is 2. The van der Waals surface area contributed by atoms with Crippen LogP contribution in [0.4, 0.5) is 0 Å². The van der Waals surface area contributed by atoms with Gasteiger partial charge < -0.3 is 42.1 Å². The molecule has 2 rings (SSSR count). The van der Waals surface area contributed by atoms with Crippen LogP contribution in [0.3, 0.4) is 0 Å². The summed E-state index contributed by atoms with van der Waals surface area (Å²) < 4.78 is 0. The Kier molecular flexibility index (Phi) is 9.99. The number of nitrogens with two attached hydrogens (primary N) is 1. The van der Waals surface area contributed by atoms with E-state index in [2.05, 4.69) is 16.0 Å². The minimum absolute atomic E-state index is 0.00375. The van der Waals surface area contributed by atoms with Gasteiger partial charge in [-0.25, -0.2) is 4.79 Å². The number of phenolic OH excluding ortho intramolecular Hbond substituents is 2. The van der Waals surface area contributed by atoms with Gasteiger partial charge >= 0.3 is 5.97 Å². The van der Waals surface area contributed by atoms with Crippen molar-refractivity contribution in [3.63, 3.8) is 0 Å². The molecule has 35 heavy (non-hydrogen) atoms. The van der Waals surface area contributed by atoms with Gasteiger partial charge in [0, 0.05) is 12.8 Å². The lowest BCUT2D eigenvalue weighted by Gasteiger charge is -2.21. The quantitative estimate of drug-likeness (QED) is 0.172. The van der Waals surface area contributed by atoms with Crippen molar-refractivity contribution in [2.45, 2.75) is 31.0 Å². The van der Waals surface area contributed by atoms with Gasteiger partial charge in [0.25, 0.3) is 0 Å². The van der Waals surface area contributed by atoms with Crippen LogP contribution in [0, 0.1) is 0 Å². The molecule has 0 radical (unpaired) electrons. The van der Waals surface area contributed by atoms with Gasteiger partial charge in [0.15, 0.2) is 0 Å². The number of aliphatic hydroxyl groups is 1. The first-order valence-corrected chi connectivity index (χ1v) is 10.6. The summed E-state index contributed by atoms with van der Waals surface area (Å²) in [6.07, 6.45) is -0.0515. The van der Waals surface area contributed by atoms with E-state index in [4.69, 9.17) is 10.8 Å². The van der Waals surface area contributed by atoms with Crippen LogP contribution in [0.1, 0.15) is 11.1 Å². The maximum atomic E-state index is 12.7. The summed E-state index contributed by atoms with van der Waals surface area (Å²) in [5.74, 6) is -3.55. The van der Waals surface area contributed by atoms with Crippen LogP contribution in [0.5, 0.6) is 11.5 Å². The molecule has 0 saturated heterocycles. The van der Waals surface area contributed by atoms with Crippen molar-refractivity contribution in [1.29, 1.82) is 0 Å². The number of carbonyl (C=O) groups is 4. The minimum Gasteiger partial charge on any atom is -0.508 e. The SMILES string of the molecule is NC(CO)C(=O)NC(Cc1ccc(O)cc1)C(=O)NCC(=O)NC(Cc1ccc(O)cc1)C(=O)O. The van der Waals surface area contributed by atoms with Crippen LogP contribution >= 0.6 is 0 Å². The summed E-state index contributed by atoms with van der Waals surface area (Å²) in [5.41, 5.74) is 6.65. The molecule has 3 unspecified atom stereocenters. The molecule has 2 aromatic carbocycles. The van der Waals surface area contributed by atoms with Crippen LogP contribution in [0.15, 0.2) is 48.5 Å². The van der Waals surface area contributed by atoms with Crippen LogP contribution in [0.25, 0.3) is 0 Å². The molecule has 3 atom stereocenters. The molecule has 12 heteroatoms. The fourth-order valence-electron chi connectivity index (χ4n) is 3.04.